The number of ether oxygens (including phenoxy) is 3. The third-order valence-corrected chi connectivity index (χ3v) is 2.00. The van der Waals surface area contributed by atoms with Crippen LogP contribution >= 0.6 is 0 Å². The lowest BCUT2D eigenvalue weighted by atomic mass is 10.1. The summed E-state index contributed by atoms with van der Waals surface area (Å²) in [6.45, 7) is 1.64. The van der Waals surface area contributed by atoms with E-state index >= 15 is 0 Å². The van der Waals surface area contributed by atoms with Crippen molar-refractivity contribution in [1.29, 1.82) is 0 Å². The lowest BCUT2D eigenvalue weighted by molar-refractivity contribution is -0.268. The molecule has 0 spiro atoms. The third kappa shape index (κ3) is 1.97. The molecule has 0 fully saturated rings. The van der Waals surface area contributed by atoms with E-state index in [1.807, 2.05) is 0 Å². The highest BCUT2D eigenvalue weighted by molar-refractivity contribution is 5.17. The van der Waals surface area contributed by atoms with Gasteiger partial charge in [-0.1, -0.05) is 5.92 Å². The number of hydrogen-bond donors (Lipinski definition) is 1. The van der Waals surface area contributed by atoms with Crippen LogP contribution in [-0.2, 0) is 14.2 Å². The van der Waals surface area contributed by atoms with Crippen molar-refractivity contribution in [3.63, 3.8) is 0 Å². The number of aliphatic hydroxyl groups is 1. The first-order chi connectivity index (χ1) is 6.68. The van der Waals surface area contributed by atoms with Gasteiger partial charge in [0.1, 0.15) is 0 Å². The van der Waals surface area contributed by atoms with Gasteiger partial charge in [-0.2, -0.15) is 0 Å². The summed E-state index contributed by atoms with van der Waals surface area (Å²) in [6.07, 6.45) is 1.76. The minimum atomic E-state index is -1.20. The average Bonchev–Trinajstić information content (AvgIpc) is 2.63. The third-order valence-electron chi connectivity index (χ3n) is 2.00. The molecular formula is C10H14O4. The first-order valence-corrected chi connectivity index (χ1v) is 4.24. The molecule has 1 N–H and O–H groups in total. The lowest BCUT2D eigenvalue weighted by Crippen LogP contribution is -2.43. The van der Waals surface area contributed by atoms with Gasteiger partial charge in [0.05, 0.1) is 0 Å². The van der Waals surface area contributed by atoms with E-state index in [0.717, 1.165) is 0 Å². The molecule has 0 saturated carbocycles. The van der Waals surface area contributed by atoms with E-state index in [2.05, 4.69) is 11.8 Å². The smallest absolute Gasteiger partial charge is 0.228 e. The zero-order chi connectivity index (χ0) is 10.6. The van der Waals surface area contributed by atoms with Crippen LogP contribution in [0.3, 0.4) is 0 Å². The molecule has 0 bridgehead atoms. The van der Waals surface area contributed by atoms with Gasteiger partial charge in [0.15, 0.2) is 12.4 Å². The second-order valence-corrected chi connectivity index (χ2v) is 2.80. The minimum Gasteiger partial charge on any atom is -0.375 e. The van der Waals surface area contributed by atoms with Crippen LogP contribution in [0.5, 0.6) is 0 Å². The Morgan fingerprint density at radius 1 is 1.57 bits per heavy atom. The average molecular weight is 198 g/mol. The quantitative estimate of drug-likeness (QED) is 0.522. The monoisotopic (exact) mass is 198 g/mol. The van der Waals surface area contributed by atoms with Gasteiger partial charge >= 0.3 is 0 Å². The summed E-state index contributed by atoms with van der Waals surface area (Å²) in [4.78, 5) is 0. The summed E-state index contributed by atoms with van der Waals surface area (Å²) in [5.74, 6) is 3.97. The van der Waals surface area contributed by atoms with Crippen LogP contribution < -0.4 is 0 Å². The van der Waals surface area contributed by atoms with E-state index in [4.69, 9.17) is 14.2 Å². The van der Waals surface area contributed by atoms with Crippen LogP contribution in [0.25, 0.3) is 0 Å². The van der Waals surface area contributed by atoms with Crippen molar-refractivity contribution in [1.82, 2.24) is 0 Å². The first kappa shape index (κ1) is 11.2. The maximum atomic E-state index is 9.68. The summed E-state index contributed by atoms with van der Waals surface area (Å²) in [7, 11) is 2.96. The minimum absolute atomic E-state index is 0.497. The van der Waals surface area contributed by atoms with E-state index in [1.165, 1.54) is 14.2 Å². The van der Waals surface area contributed by atoms with Crippen molar-refractivity contribution < 1.29 is 19.3 Å². The topological polar surface area (TPSA) is 47.9 Å². The van der Waals surface area contributed by atoms with Crippen LogP contribution in [0, 0.1) is 11.8 Å². The number of aliphatic hydroxyl groups excluding tert-OH is 1. The summed E-state index contributed by atoms with van der Waals surface area (Å²) in [5, 5.41) is 9.68. The van der Waals surface area contributed by atoms with Gasteiger partial charge in [0.2, 0.25) is 5.79 Å². The normalized spacial score (nSPS) is 32.4. The molecule has 0 aromatic heterocycles. The van der Waals surface area contributed by atoms with E-state index < -0.39 is 18.2 Å². The molecule has 1 aliphatic heterocycles. The fourth-order valence-electron chi connectivity index (χ4n) is 1.22. The van der Waals surface area contributed by atoms with E-state index in [0.29, 0.717) is 0 Å². The molecule has 1 unspecified atom stereocenters. The molecule has 4 heteroatoms. The highest BCUT2D eigenvalue weighted by atomic mass is 16.8. The molecule has 1 heterocycles. The van der Waals surface area contributed by atoms with Crippen molar-refractivity contribution in [2.45, 2.75) is 25.1 Å². The maximum Gasteiger partial charge on any atom is 0.228 e. The summed E-state index contributed by atoms with van der Waals surface area (Å²) in [6, 6.07) is 0. The van der Waals surface area contributed by atoms with E-state index in [9.17, 15) is 5.11 Å². The summed E-state index contributed by atoms with van der Waals surface area (Å²) < 4.78 is 15.4. The van der Waals surface area contributed by atoms with Crippen LogP contribution in [0.15, 0.2) is 12.2 Å². The first-order valence-electron chi connectivity index (χ1n) is 4.24. The van der Waals surface area contributed by atoms with E-state index in [-0.39, 0.29) is 0 Å². The van der Waals surface area contributed by atoms with Crippen LogP contribution in [0.4, 0.5) is 0 Å². The summed E-state index contributed by atoms with van der Waals surface area (Å²) >= 11 is 0. The Hall–Kier alpha value is -0.860. The van der Waals surface area contributed by atoms with Crippen molar-refractivity contribution in [3.8, 4) is 11.8 Å². The molecule has 0 aromatic carbocycles. The second-order valence-electron chi connectivity index (χ2n) is 2.80. The Morgan fingerprint density at radius 3 is 2.71 bits per heavy atom. The van der Waals surface area contributed by atoms with Crippen LogP contribution in [0.1, 0.15) is 6.92 Å². The highest BCUT2D eigenvalue weighted by Crippen LogP contribution is 2.27. The van der Waals surface area contributed by atoms with Crippen LogP contribution in [0.2, 0.25) is 0 Å². The fourth-order valence-corrected chi connectivity index (χ4v) is 1.22. The standard InChI is InChI=1S/C10H14O4/c1-4-5-8(11)10(13-3)7-6-9(12-2)14-10/h6-9,11H,1-3H3/t8?,9-,10+/m1/s1. The molecule has 0 amide bonds. The molecule has 0 aliphatic carbocycles. The summed E-state index contributed by atoms with van der Waals surface area (Å²) in [5.41, 5.74) is 0. The zero-order valence-corrected chi connectivity index (χ0v) is 8.48. The van der Waals surface area contributed by atoms with Crippen molar-refractivity contribution in [3.05, 3.63) is 12.2 Å². The Balaban J connectivity index is 2.78. The van der Waals surface area contributed by atoms with Gasteiger partial charge < -0.3 is 19.3 Å². The molecule has 0 radical (unpaired) electrons. The number of hydrogen-bond acceptors (Lipinski definition) is 4. The van der Waals surface area contributed by atoms with Crippen molar-refractivity contribution in [2.24, 2.45) is 0 Å². The molecule has 14 heavy (non-hydrogen) atoms. The molecule has 78 valence electrons. The zero-order valence-electron chi connectivity index (χ0n) is 8.48. The Morgan fingerprint density at radius 2 is 2.29 bits per heavy atom. The molecule has 0 aromatic rings. The van der Waals surface area contributed by atoms with Crippen molar-refractivity contribution >= 4 is 0 Å². The number of methoxy groups -OCH3 is 2. The molecule has 4 nitrogen and oxygen atoms in total. The van der Waals surface area contributed by atoms with Gasteiger partial charge in [-0.25, -0.2) is 0 Å². The number of rotatable bonds is 3. The van der Waals surface area contributed by atoms with Crippen molar-refractivity contribution in [2.75, 3.05) is 14.2 Å². The predicted molar refractivity (Wildman–Crippen MR) is 50.2 cm³/mol. The maximum absolute atomic E-state index is 9.68. The molecular weight excluding hydrogens is 184 g/mol. The van der Waals surface area contributed by atoms with Gasteiger partial charge in [-0.3, -0.25) is 0 Å². The molecule has 3 atom stereocenters. The van der Waals surface area contributed by atoms with Gasteiger partial charge in [0.25, 0.3) is 0 Å². The second kappa shape index (κ2) is 4.58. The van der Waals surface area contributed by atoms with Gasteiger partial charge in [0, 0.05) is 14.2 Å². The van der Waals surface area contributed by atoms with Gasteiger partial charge in [-0.15, -0.1) is 5.92 Å². The fraction of sp³-hybridized carbons (Fsp3) is 0.600. The predicted octanol–water partition coefficient (Wildman–Crippen LogP) is 0.272. The Bertz CT molecular complexity index is 276. The van der Waals surface area contributed by atoms with E-state index in [1.54, 1.807) is 19.1 Å². The van der Waals surface area contributed by atoms with Crippen LogP contribution in [-0.4, -0.2) is 37.5 Å². The van der Waals surface area contributed by atoms with Gasteiger partial charge in [-0.05, 0) is 19.1 Å². The highest BCUT2D eigenvalue weighted by Gasteiger charge is 2.42. The lowest BCUT2D eigenvalue weighted by Gasteiger charge is -2.28. The molecule has 1 aliphatic rings. The Kier molecular flexibility index (Phi) is 3.67. The largest absolute Gasteiger partial charge is 0.375 e. The molecule has 0 saturated heterocycles. The molecule has 1 rings (SSSR count). The SMILES string of the molecule is CC#CC(O)[C@]1(OC)C=C[C@H](OC)O1. The Labute approximate surface area is 83.5 Å².